The molecule has 1 heterocycles. The molecule has 4 heteroatoms. The Balaban J connectivity index is 1.69. The summed E-state index contributed by atoms with van der Waals surface area (Å²) in [6.45, 7) is 4.47. The SMILES string of the molecule is NCCCOC1CCN(Cc2ccc(F)cc2)CC1. The number of hydrogen-bond donors (Lipinski definition) is 1. The molecule has 3 nitrogen and oxygen atoms in total. The van der Waals surface area contributed by atoms with Crippen molar-refractivity contribution in [3.63, 3.8) is 0 Å². The first-order valence-corrected chi connectivity index (χ1v) is 7.06. The first-order valence-electron chi connectivity index (χ1n) is 7.06. The van der Waals surface area contributed by atoms with Crippen molar-refractivity contribution in [2.45, 2.75) is 31.9 Å². The van der Waals surface area contributed by atoms with E-state index in [0.29, 0.717) is 12.6 Å². The van der Waals surface area contributed by atoms with Crippen molar-refractivity contribution >= 4 is 0 Å². The third-order valence-corrected chi connectivity index (χ3v) is 3.56. The molecule has 0 bridgehead atoms. The molecule has 0 saturated carbocycles. The highest BCUT2D eigenvalue weighted by molar-refractivity contribution is 5.15. The van der Waals surface area contributed by atoms with E-state index in [0.717, 1.165) is 45.5 Å². The lowest BCUT2D eigenvalue weighted by atomic mass is 10.1. The highest BCUT2D eigenvalue weighted by Gasteiger charge is 2.19. The minimum Gasteiger partial charge on any atom is -0.378 e. The van der Waals surface area contributed by atoms with E-state index in [1.165, 1.54) is 17.7 Å². The molecule has 1 fully saturated rings. The molecular weight excluding hydrogens is 243 g/mol. The highest BCUT2D eigenvalue weighted by Crippen LogP contribution is 2.16. The third kappa shape index (κ3) is 4.90. The van der Waals surface area contributed by atoms with Crippen LogP contribution in [0, 0.1) is 5.82 Å². The summed E-state index contributed by atoms with van der Waals surface area (Å²) in [7, 11) is 0. The molecule has 1 aromatic carbocycles. The molecule has 0 unspecified atom stereocenters. The van der Waals surface area contributed by atoms with Crippen LogP contribution in [0.4, 0.5) is 4.39 Å². The van der Waals surface area contributed by atoms with Crippen LogP contribution in [-0.4, -0.2) is 37.2 Å². The summed E-state index contributed by atoms with van der Waals surface area (Å²) in [4.78, 5) is 2.40. The number of likely N-dealkylation sites (tertiary alicyclic amines) is 1. The molecule has 1 aliphatic rings. The van der Waals surface area contributed by atoms with Crippen LogP contribution in [0.1, 0.15) is 24.8 Å². The van der Waals surface area contributed by atoms with Gasteiger partial charge in [-0.3, -0.25) is 4.90 Å². The van der Waals surface area contributed by atoms with Crippen LogP contribution in [-0.2, 0) is 11.3 Å². The second-order valence-corrected chi connectivity index (χ2v) is 5.11. The van der Waals surface area contributed by atoms with Gasteiger partial charge in [0.05, 0.1) is 6.10 Å². The number of ether oxygens (including phenoxy) is 1. The topological polar surface area (TPSA) is 38.5 Å². The summed E-state index contributed by atoms with van der Waals surface area (Å²) >= 11 is 0. The second kappa shape index (κ2) is 7.58. The lowest BCUT2D eigenvalue weighted by Gasteiger charge is -2.31. The Hall–Kier alpha value is -0.970. The van der Waals surface area contributed by atoms with Crippen LogP contribution in [0.2, 0.25) is 0 Å². The second-order valence-electron chi connectivity index (χ2n) is 5.11. The van der Waals surface area contributed by atoms with Gasteiger partial charge in [0, 0.05) is 26.2 Å². The van der Waals surface area contributed by atoms with Crippen molar-refractivity contribution in [3.8, 4) is 0 Å². The summed E-state index contributed by atoms with van der Waals surface area (Å²) in [5.74, 6) is -0.171. The normalized spacial score (nSPS) is 17.8. The number of hydrogen-bond acceptors (Lipinski definition) is 3. The molecule has 2 N–H and O–H groups in total. The molecule has 0 aliphatic carbocycles. The Bertz CT molecular complexity index is 361. The van der Waals surface area contributed by atoms with Gasteiger partial charge in [-0.15, -0.1) is 0 Å². The standard InChI is InChI=1S/C15H23FN2O/c16-14-4-2-13(3-5-14)12-18-9-6-15(7-10-18)19-11-1-8-17/h2-5,15H,1,6-12,17H2. The zero-order valence-corrected chi connectivity index (χ0v) is 11.4. The molecule has 1 aliphatic heterocycles. The first kappa shape index (κ1) is 14.4. The van der Waals surface area contributed by atoms with Gasteiger partial charge < -0.3 is 10.5 Å². The number of halogens is 1. The van der Waals surface area contributed by atoms with Gasteiger partial charge in [-0.25, -0.2) is 4.39 Å². The molecule has 0 atom stereocenters. The van der Waals surface area contributed by atoms with Crippen LogP contribution in [0.5, 0.6) is 0 Å². The van der Waals surface area contributed by atoms with Gasteiger partial charge in [-0.05, 0) is 43.5 Å². The van der Waals surface area contributed by atoms with E-state index in [2.05, 4.69) is 4.90 Å². The monoisotopic (exact) mass is 266 g/mol. The zero-order valence-electron chi connectivity index (χ0n) is 11.4. The van der Waals surface area contributed by atoms with Gasteiger partial charge in [0.2, 0.25) is 0 Å². The minimum absolute atomic E-state index is 0.171. The van der Waals surface area contributed by atoms with Gasteiger partial charge in [0.15, 0.2) is 0 Å². The van der Waals surface area contributed by atoms with Crippen molar-refractivity contribution in [2.24, 2.45) is 5.73 Å². The van der Waals surface area contributed by atoms with Crippen molar-refractivity contribution in [1.29, 1.82) is 0 Å². The number of benzene rings is 1. The molecule has 0 amide bonds. The van der Waals surface area contributed by atoms with Crippen LogP contribution in [0.15, 0.2) is 24.3 Å². The summed E-state index contributed by atoms with van der Waals surface area (Å²) in [5.41, 5.74) is 6.62. The fourth-order valence-corrected chi connectivity index (χ4v) is 2.42. The number of nitrogens with zero attached hydrogens (tertiary/aromatic N) is 1. The van der Waals surface area contributed by atoms with Gasteiger partial charge in [0.1, 0.15) is 5.82 Å². The zero-order chi connectivity index (χ0) is 13.5. The molecule has 2 rings (SSSR count). The quantitative estimate of drug-likeness (QED) is 0.802. The van der Waals surface area contributed by atoms with E-state index in [4.69, 9.17) is 10.5 Å². The Labute approximate surface area is 114 Å². The maximum atomic E-state index is 12.8. The Kier molecular flexibility index (Phi) is 5.76. The van der Waals surface area contributed by atoms with E-state index in [1.807, 2.05) is 12.1 Å². The molecule has 106 valence electrons. The lowest BCUT2D eigenvalue weighted by molar-refractivity contribution is 0.00563. The van der Waals surface area contributed by atoms with Crippen LogP contribution < -0.4 is 5.73 Å². The molecule has 0 spiro atoms. The maximum absolute atomic E-state index is 12.8. The van der Waals surface area contributed by atoms with Crippen molar-refractivity contribution in [3.05, 3.63) is 35.6 Å². The summed E-state index contributed by atoms with van der Waals surface area (Å²) in [6, 6.07) is 6.77. The first-order chi connectivity index (χ1) is 9.28. The molecule has 19 heavy (non-hydrogen) atoms. The van der Waals surface area contributed by atoms with E-state index >= 15 is 0 Å². The summed E-state index contributed by atoms with van der Waals surface area (Å²) in [6.07, 6.45) is 3.48. The number of nitrogens with two attached hydrogens (primary N) is 1. The molecule has 1 saturated heterocycles. The highest BCUT2D eigenvalue weighted by atomic mass is 19.1. The van der Waals surface area contributed by atoms with Gasteiger partial charge in [-0.1, -0.05) is 12.1 Å². The Morgan fingerprint density at radius 3 is 2.53 bits per heavy atom. The van der Waals surface area contributed by atoms with Crippen molar-refractivity contribution in [2.75, 3.05) is 26.2 Å². The predicted molar refractivity (Wildman–Crippen MR) is 74.3 cm³/mol. The number of rotatable bonds is 6. The molecular formula is C15H23FN2O. The van der Waals surface area contributed by atoms with E-state index in [1.54, 1.807) is 0 Å². The lowest BCUT2D eigenvalue weighted by Crippen LogP contribution is -2.36. The van der Waals surface area contributed by atoms with Gasteiger partial charge in [0.25, 0.3) is 0 Å². The van der Waals surface area contributed by atoms with Gasteiger partial charge in [-0.2, -0.15) is 0 Å². The van der Waals surface area contributed by atoms with E-state index in [9.17, 15) is 4.39 Å². The molecule has 0 radical (unpaired) electrons. The van der Waals surface area contributed by atoms with Crippen LogP contribution >= 0.6 is 0 Å². The third-order valence-electron chi connectivity index (χ3n) is 3.56. The average Bonchev–Trinajstić information content (AvgIpc) is 2.44. The maximum Gasteiger partial charge on any atom is 0.123 e. The fourth-order valence-electron chi connectivity index (χ4n) is 2.42. The van der Waals surface area contributed by atoms with Gasteiger partial charge >= 0.3 is 0 Å². The van der Waals surface area contributed by atoms with Crippen molar-refractivity contribution < 1.29 is 9.13 Å². The summed E-state index contributed by atoms with van der Waals surface area (Å²) < 4.78 is 18.6. The van der Waals surface area contributed by atoms with Crippen LogP contribution in [0.3, 0.4) is 0 Å². The Morgan fingerprint density at radius 2 is 1.89 bits per heavy atom. The van der Waals surface area contributed by atoms with E-state index in [-0.39, 0.29) is 5.82 Å². The largest absolute Gasteiger partial charge is 0.378 e. The van der Waals surface area contributed by atoms with Crippen LogP contribution in [0.25, 0.3) is 0 Å². The fraction of sp³-hybridized carbons (Fsp3) is 0.600. The summed E-state index contributed by atoms with van der Waals surface area (Å²) in [5, 5.41) is 0. The smallest absolute Gasteiger partial charge is 0.123 e. The molecule has 1 aromatic rings. The van der Waals surface area contributed by atoms with Crippen molar-refractivity contribution in [1.82, 2.24) is 4.90 Å². The van der Waals surface area contributed by atoms with E-state index < -0.39 is 0 Å². The minimum atomic E-state index is -0.171. The molecule has 0 aromatic heterocycles. The number of piperidine rings is 1. The Morgan fingerprint density at radius 1 is 1.21 bits per heavy atom. The predicted octanol–water partition coefficient (Wildman–Crippen LogP) is 2.16. The average molecular weight is 266 g/mol.